The van der Waals surface area contributed by atoms with Crippen molar-refractivity contribution in [2.45, 2.75) is 19.0 Å². The number of nitrogens with zero attached hydrogens (tertiary/aromatic N) is 2. The van der Waals surface area contributed by atoms with E-state index >= 15 is 0 Å². The molecule has 1 N–H and O–H groups in total. The largest absolute Gasteiger partial charge is 0.340 e. The lowest BCUT2D eigenvalue weighted by atomic mass is 10.1. The number of aryl methyl sites for hydroxylation is 1. The summed E-state index contributed by atoms with van der Waals surface area (Å²) in [5.41, 5.74) is -1.42. The smallest absolute Gasteiger partial charge is 0.223 e. The zero-order valence-electron chi connectivity index (χ0n) is 7.21. The maximum Gasteiger partial charge on any atom is 0.223 e. The topological polar surface area (TPSA) is 51.0 Å². The fourth-order valence-corrected chi connectivity index (χ4v) is 1.33. The molecule has 0 aromatic carbocycles. The van der Waals surface area contributed by atoms with E-state index in [9.17, 15) is 4.39 Å². The first kappa shape index (κ1) is 10.4. The highest BCUT2D eigenvalue weighted by atomic mass is 35.5. The molecule has 0 radical (unpaired) electrons. The maximum absolute atomic E-state index is 13.8. The van der Waals surface area contributed by atoms with Crippen LogP contribution in [0.4, 0.5) is 4.39 Å². The molecule has 1 aliphatic heterocycles. The van der Waals surface area contributed by atoms with E-state index < -0.39 is 5.67 Å². The normalized spacial score (nSPS) is 27.2. The van der Waals surface area contributed by atoms with Crippen LogP contribution < -0.4 is 5.32 Å². The van der Waals surface area contributed by atoms with Gasteiger partial charge < -0.3 is 9.84 Å². The van der Waals surface area contributed by atoms with Crippen molar-refractivity contribution in [3.05, 3.63) is 11.7 Å². The summed E-state index contributed by atoms with van der Waals surface area (Å²) < 4.78 is 18.5. The van der Waals surface area contributed by atoms with E-state index in [1.54, 1.807) is 6.92 Å². The molecule has 1 atom stereocenters. The quantitative estimate of drug-likeness (QED) is 0.745. The molecule has 1 aromatic rings. The summed E-state index contributed by atoms with van der Waals surface area (Å²) in [5, 5.41) is 6.49. The van der Waals surface area contributed by atoms with E-state index in [2.05, 4.69) is 15.5 Å². The highest BCUT2D eigenvalue weighted by molar-refractivity contribution is 5.85. The summed E-state index contributed by atoms with van der Waals surface area (Å²) in [7, 11) is 0. The summed E-state index contributed by atoms with van der Waals surface area (Å²) >= 11 is 0. The van der Waals surface area contributed by atoms with Gasteiger partial charge in [-0.3, -0.25) is 0 Å². The van der Waals surface area contributed by atoms with Crippen LogP contribution in [0.3, 0.4) is 0 Å². The van der Waals surface area contributed by atoms with Crippen molar-refractivity contribution in [1.82, 2.24) is 15.5 Å². The fraction of sp³-hybridized carbons (Fsp3) is 0.714. The Morgan fingerprint density at radius 2 is 2.38 bits per heavy atom. The van der Waals surface area contributed by atoms with Crippen LogP contribution in [0.2, 0.25) is 0 Å². The van der Waals surface area contributed by atoms with Gasteiger partial charge in [0.05, 0.1) is 0 Å². The Bertz CT molecular complexity index is 285. The summed E-state index contributed by atoms with van der Waals surface area (Å²) in [6.07, 6.45) is 0.423. The average molecular weight is 208 g/mol. The first-order valence-corrected chi connectivity index (χ1v) is 3.91. The molecule has 0 spiro atoms. The molecule has 0 saturated carbocycles. The van der Waals surface area contributed by atoms with Crippen molar-refractivity contribution in [2.75, 3.05) is 13.1 Å². The molecule has 1 saturated heterocycles. The molecule has 0 bridgehead atoms. The van der Waals surface area contributed by atoms with Crippen molar-refractivity contribution >= 4 is 12.4 Å². The minimum atomic E-state index is -1.42. The molecular weight excluding hydrogens is 197 g/mol. The van der Waals surface area contributed by atoms with Gasteiger partial charge in [0, 0.05) is 19.9 Å². The molecule has 4 nitrogen and oxygen atoms in total. The number of hydrogen-bond acceptors (Lipinski definition) is 4. The highest BCUT2D eigenvalue weighted by Gasteiger charge is 2.39. The van der Waals surface area contributed by atoms with Gasteiger partial charge in [-0.2, -0.15) is 4.98 Å². The van der Waals surface area contributed by atoms with E-state index in [0.29, 0.717) is 18.9 Å². The van der Waals surface area contributed by atoms with Crippen molar-refractivity contribution in [2.24, 2.45) is 0 Å². The molecule has 2 heterocycles. The fourth-order valence-electron chi connectivity index (χ4n) is 1.33. The molecule has 6 heteroatoms. The zero-order valence-corrected chi connectivity index (χ0v) is 8.03. The van der Waals surface area contributed by atoms with Crippen LogP contribution in [0.1, 0.15) is 18.1 Å². The first-order chi connectivity index (χ1) is 5.71. The first-order valence-electron chi connectivity index (χ1n) is 3.91. The molecule has 0 aliphatic carbocycles. The van der Waals surface area contributed by atoms with Gasteiger partial charge in [0.1, 0.15) is 0 Å². The van der Waals surface area contributed by atoms with Gasteiger partial charge in [0.25, 0.3) is 0 Å². The summed E-state index contributed by atoms with van der Waals surface area (Å²) in [6.45, 7) is 2.61. The number of nitrogens with one attached hydrogen (secondary N) is 1. The Balaban J connectivity index is 0.000000845. The third-order valence-electron chi connectivity index (χ3n) is 2.03. The number of rotatable bonds is 1. The molecule has 0 amide bonds. The van der Waals surface area contributed by atoms with Crippen LogP contribution in [0.5, 0.6) is 0 Å². The number of hydrogen-bond donors (Lipinski definition) is 1. The van der Waals surface area contributed by atoms with Crippen LogP contribution in [0.15, 0.2) is 4.52 Å². The van der Waals surface area contributed by atoms with Gasteiger partial charge in [-0.05, 0) is 6.54 Å². The monoisotopic (exact) mass is 207 g/mol. The van der Waals surface area contributed by atoms with Crippen molar-refractivity contribution < 1.29 is 8.91 Å². The molecular formula is C7H11ClFN3O. The minimum absolute atomic E-state index is 0. The van der Waals surface area contributed by atoms with Crippen molar-refractivity contribution in [3.8, 4) is 0 Å². The molecule has 1 aromatic heterocycles. The summed E-state index contributed by atoms with van der Waals surface area (Å²) in [5.74, 6) is 0.582. The minimum Gasteiger partial charge on any atom is -0.340 e. The van der Waals surface area contributed by atoms with Gasteiger partial charge >= 0.3 is 0 Å². The van der Waals surface area contributed by atoms with Gasteiger partial charge in [-0.15, -0.1) is 12.4 Å². The van der Waals surface area contributed by atoms with Crippen LogP contribution in [-0.4, -0.2) is 23.2 Å². The predicted octanol–water partition coefficient (Wildman–Crippen LogP) is 0.958. The lowest BCUT2D eigenvalue weighted by Crippen LogP contribution is -2.24. The Morgan fingerprint density at radius 3 is 2.85 bits per heavy atom. The van der Waals surface area contributed by atoms with Crippen LogP contribution >= 0.6 is 12.4 Å². The van der Waals surface area contributed by atoms with Crippen molar-refractivity contribution in [3.63, 3.8) is 0 Å². The zero-order chi connectivity index (χ0) is 8.60. The molecule has 1 aliphatic rings. The van der Waals surface area contributed by atoms with E-state index in [0.717, 1.165) is 0 Å². The van der Waals surface area contributed by atoms with Gasteiger partial charge in [0.2, 0.25) is 11.7 Å². The second kappa shape index (κ2) is 3.59. The maximum atomic E-state index is 13.8. The second-order valence-electron chi connectivity index (χ2n) is 3.03. The molecule has 74 valence electrons. The Kier molecular flexibility index (Phi) is 2.87. The predicted molar refractivity (Wildman–Crippen MR) is 46.6 cm³/mol. The SMILES string of the molecule is Cc1nc(C2(F)CCNC2)no1.Cl. The Labute approximate surface area is 81.3 Å². The number of alkyl halides is 1. The van der Waals surface area contributed by atoms with Crippen LogP contribution in [0.25, 0.3) is 0 Å². The molecule has 13 heavy (non-hydrogen) atoms. The third kappa shape index (κ3) is 1.81. The standard InChI is InChI=1S/C7H10FN3O.ClH/c1-5-10-6(11-12-5)7(8)2-3-9-4-7;/h9H,2-4H2,1H3;1H. The van der Waals surface area contributed by atoms with E-state index in [1.807, 2.05) is 0 Å². The van der Waals surface area contributed by atoms with Gasteiger partial charge in [0.15, 0.2) is 5.67 Å². The highest BCUT2D eigenvalue weighted by Crippen LogP contribution is 2.29. The van der Waals surface area contributed by atoms with Crippen LogP contribution in [-0.2, 0) is 5.67 Å². The Morgan fingerprint density at radius 1 is 1.62 bits per heavy atom. The number of aromatic nitrogens is 2. The van der Waals surface area contributed by atoms with Gasteiger partial charge in [-0.1, -0.05) is 5.16 Å². The molecule has 1 unspecified atom stereocenters. The molecule has 1 fully saturated rings. The molecule has 2 rings (SSSR count). The summed E-state index contributed by atoms with van der Waals surface area (Å²) in [6, 6.07) is 0. The van der Waals surface area contributed by atoms with E-state index in [4.69, 9.17) is 4.52 Å². The van der Waals surface area contributed by atoms with Crippen molar-refractivity contribution in [1.29, 1.82) is 0 Å². The van der Waals surface area contributed by atoms with E-state index in [1.165, 1.54) is 0 Å². The van der Waals surface area contributed by atoms with Crippen LogP contribution in [0, 0.1) is 6.92 Å². The average Bonchev–Trinajstić information content (AvgIpc) is 2.59. The second-order valence-corrected chi connectivity index (χ2v) is 3.03. The lowest BCUT2D eigenvalue weighted by Gasteiger charge is -2.11. The van der Waals surface area contributed by atoms with E-state index in [-0.39, 0.29) is 24.8 Å². The summed E-state index contributed by atoms with van der Waals surface area (Å²) in [4.78, 5) is 3.87. The number of halogens is 2. The lowest BCUT2D eigenvalue weighted by molar-refractivity contribution is 0.173. The Hall–Kier alpha value is -0.680. The third-order valence-corrected chi connectivity index (χ3v) is 2.03. The van der Waals surface area contributed by atoms with Gasteiger partial charge in [-0.25, -0.2) is 4.39 Å².